The molecule has 1 fully saturated rings. The van der Waals surface area contributed by atoms with Crippen molar-refractivity contribution >= 4 is 16.7 Å². The summed E-state index contributed by atoms with van der Waals surface area (Å²) in [6.07, 6.45) is 9.07. The summed E-state index contributed by atoms with van der Waals surface area (Å²) in [5.74, 6) is 0.955. The highest BCUT2D eigenvalue weighted by Crippen LogP contribution is 2.36. The van der Waals surface area contributed by atoms with Crippen LogP contribution >= 0.6 is 0 Å². The predicted molar refractivity (Wildman–Crippen MR) is 67.1 cm³/mol. The van der Waals surface area contributed by atoms with Crippen LogP contribution in [0.4, 0.5) is 5.95 Å². The van der Waals surface area contributed by atoms with E-state index in [0.29, 0.717) is 6.04 Å². The standard InChI is InChI=1S/C11H19N3OS/c1-9(16(2)15)5-6-12-11-13-7-8-14(11)10-3-4-10/h7-10H,3-6H2,1-2H3,(H,12,13). The van der Waals surface area contributed by atoms with Crippen LogP contribution in [0.1, 0.15) is 32.2 Å². The lowest BCUT2D eigenvalue weighted by atomic mass is 10.3. The van der Waals surface area contributed by atoms with Crippen molar-refractivity contribution in [3.8, 4) is 0 Å². The lowest BCUT2D eigenvalue weighted by Crippen LogP contribution is -2.16. The number of anilines is 1. The van der Waals surface area contributed by atoms with Crippen molar-refractivity contribution < 1.29 is 4.21 Å². The second-order valence-electron chi connectivity index (χ2n) is 4.41. The molecular weight excluding hydrogens is 222 g/mol. The summed E-state index contributed by atoms with van der Waals surface area (Å²) in [6, 6.07) is 0.655. The van der Waals surface area contributed by atoms with Crippen LogP contribution < -0.4 is 5.32 Å². The fraction of sp³-hybridized carbons (Fsp3) is 0.727. The van der Waals surface area contributed by atoms with Gasteiger partial charge in [0.25, 0.3) is 0 Å². The highest BCUT2D eigenvalue weighted by Gasteiger charge is 2.25. The van der Waals surface area contributed by atoms with E-state index in [2.05, 4.69) is 14.9 Å². The maximum Gasteiger partial charge on any atom is 0.203 e. The molecule has 0 saturated heterocycles. The third-order valence-corrected chi connectivity index (χ3v) is 4.38. The lowest BCUT2D eigenvalue weighted by molar-refractivity contribution is 0.671. The van der Waals surface area contributed by atoms with Gasteiger partial charge in [0.2, 0.25) is 5.95 Å². The molecule has 0 amide bonds. The van der Waals surface area contributed by atoms with Gasteiger partial charge in [-0.3, -0.25) is 4.21 Å². The molecule has 1 heterocycles. The summed E-state index contributed by atoms with van der Waals surface area (Å²) in [6.45, 7) is 2.86. The molecule has 5 heteroatoms. The Bertz CT molecular complexity index is 373. The van der Waals surface area contributed by atoms with E-state index in [1.807, 2.05) is 19.3 Å². The van der Waals surface area contributed by atoms with Gasteiger partial charge >= 0.3 is 0 Å². The molecule has 16 heavy (non-hydrogen) atoms. The molecule has 1 aliphatic carbocycles. The van der Waals surface area contributed by atoms with Gasteiger partial charge < -0.3 is 9.88 Å². The Labute approximate surface area is 98.9 Å². The fourth-order valence-electron chi connectivity index (χ4n) is 1.65. The van der Waals surface area contributed by atoms with Crippen LogP contribution in [0.25, 0.3) is 0 Å². The molecule has 2 unspecified atom stereocenters. The van der Waals surface area contributed by atoms with Gasteiger partial charge in [0.15, 0.2) is 0 Å². The molecule has 2 atom stereocenters. The van der Waals surface area contributed by atoms with E-state index < -0.39 is 10.8 Å². The van der Waals surface area contributed by atoms with Crippen LogP contribution in [-0.2, 0) is 10.8 Å². The zero-order valence-corrected chi connectivity index (χ0v) is 10.7. The van der Waals surface area contributed by atoms with Crippen LogP contribution in [0.2, 0.25) is 0 Å². The zero-order valence-electron chi connectivity index (χ0n) is 9.85. The van der Waals surface area contributed by atoms with Crippen molar-refractivity contribution in [1.82, 2.24) is 9.55 Å². The Hall–Kier alpha value is -0.840. The largest absolute Gasteiger partial charge is 0.356 e. The maximum atomic E-state index is 11.2. The van der Waals surface area contributed by atoms with Gasteiger partial charge in [-0.1, -0.05) is 6.92 Å². The second kappa shape index (κ2) is 4.99. The van der Waals surface area contributed by atoms with Gasteiger partial charge in [0, 0.05) is 47.3 Å². The van der Waals surface area contributed by atoms with E-state index >= 15 is 0 Å². The van der Waals surface area contributed by atoms with Crippen molar-refractivity contribution in [2.75, 3.05) is 18.1 Å². The van der Waals surface area contributed by atoms with E-state index in [1.54, 1.807) is 6.26 Å². The number of nitrogens with one attached hydrogen (secondary N) is 1. The number of hydrogen-bond donors (Lipinski definition) is 1. The Morgan fingerprint density at radius 2 is 2.44 bits per heavy atom. The van der Waals surface area contributed by atoms with Crippen LogP contribution in [0.5, 0.6) is 0 Å². The van der Waals surface area contributed by atoms with Gasteiger partial charge in [0.05, 0.1) is 0 Å². The summed E-state index contributed by atoms with van der Waals surface area (Å²) >= 11 is 0. The first-order chi connectivity index (χ1) is 7.68. The molecule has 4 nitrogen and oxygen atoms in total. The summed E-state index contributed by atoms with van der Waals surface area (Å²) in [7, 11) is -0.728. The van der Waals surface area contributed by atoms with Crippen LogP contribution in [0, 0.1) is 0 Å². The number of imidazole rings is 1. The Balaban J connectivity index is 1.80. The van der Waals surface area contributed by atoms with Crippen LogP contribution in [0.15, 0.2) is 12.4 Å². The molecule has 0 radical (unpaired) electrons. The molecule has 90 valence electrons. The van der Waals surface area contributed by atoms with Crippen molar-refractivity contribution in [2.24, 2.45) is 0 Å². The van der Waals surface area contributed by atoms with Crippen molar-refractivity contribution in [3.05, 3.63) is 12.4 Å². The van der Waals surface area contributed by atoms with Gasteiger partial charge in [-0.25, -0.2) is 4.98 Å². The fourth-order valence-corrected chi connectivity index (χ4v) is 2.10. The first-order valence-electron chi connectivity index (χ1n) is 5.77. The Morgan fingerprint density at radius 1 is 1.69 bits per heavy atom. The third kappa shape index (κ3) is 2.84. The maximum absolute atomic E-state index is 11.2. The average Bonchev–Trinajstić information content (AvgIpc) is 2.99. The summed E-state index contributed by atoms with van der Waals surface area (Å²) in [5.41, 5.74) is 0. The van der Waals surface area contributed by atoms with Gasteiger partial charge in [-0.15, -0.1) is 0 Å². The second-order valence-corrected chi connectivity index (χ2v) is 6.22. The molecule has 1 aliphatic rings. The minimum absolute atomic E-state index is 0.247. The Morgan fingerprint density at radius 3 is 3.06 bits per heavy atom. The van der Waals surface area contributed by atoms with Crippen LogP contribution in [0.3, 0.4) is 0 Å². The molecule has 0 aromatic carbocycles. The molecule has 1 saturated carbocycles. The molecule has 1 aromatic rings. The number of nitrogens with zero attached hydrogens (tertiary/aromatic N) is 2. The van der Waals surface area contributed by atoms with Crippen molar-refractivity contribution in [3.63, 3.8) is 0 Å². The molecule has 0 spiro atoms. The average molecular weight is 241 g/mol. The van der Waals surface area contributed by atoms with Crippen molar-refractivity contribution in [2.45, 2.75) is 37.5 Å². The van der Waals surface area contributed by atoms with E-state index in [4.69, 9.17) is 0 Å². The summed E-state index contributed by atoms with van der Waals surface area (Å²) in [4.78, 5) is 4.30. The third-order valence-electron chi connectivity index (χ3n) is 3.01. The number of rotatable bonds is 6. The van der Waals surface area contributed by atoms with E-state index in [-0.39, 0.29) is 5.25 Å². The highest BCUT2D eigenvalue weighted by atomic mass is 32.2. The minimum Gasteiger partial charge on any atom is -0.356 e. The SMILES string of the molecule is CC(CCNc1nccn1C1CC1)S(C)=O. The number of aromatic nitrogens is 2. The van der Waals surface area contributed by atoms with E-state index in [0.717, 1.165) is 18.9 Å². The normalized spacial score (nSPS) is 19.4. The summed E-state index contributed by atoms with van der Waals surface area (Å²) in [5, 5.41) is 3.56. The molecule has 1 N–H and O–H groups in total. The molecule has 1 aromatic heterocycles. The van der Waals surface area contributed by atoms with Gasteiger partial charge in [-0.05, 0) is 19.3 Å². The molecule has 2 rings (SSSR count). The first-order valence-corrected chi connectivity index (χ1v) is 7.39. The quantitative estimate of drug-likeness (QED) is 0.826. The van der Waals surface area contributed by atoms with Crippen molar-refractivity contribution in [1.29, 1.82) is 0 Å². The number of hydrogen-bond acceptors (Lipinski definition) is 3. The van der Waals surface area contributed by atoms with Gasteiger partial charge in [0.1, 0.15) is 0 Å². The highest BCUT2D eigenvalue weighted by molar-refractivity contribution is 7.84. The Kier molecular flexibility index (Phi) is 3.63. The van der Waals surface area contributed by atoms with E-state index in [9.17, 15) is 4.21 Å². The minimum atomic E-state index is -0.728. The zero-order chi connectivity index (χ0) is 11.5. The topological polar surface area (TPSA) is 46.9 Å². The molecule has 0 aliphatic heterocycles. The van der Waals surface area contributed by atoms with E-state index in [1.165, 1.54) is 12.8 Å². The van der Waals surface area contributed by atoms with Crippen LogP contribution in [-0.4, -0.2) is 31.8 Å². The predicted octanol–water partition coefficient (Wildman–Crippen LogP) is 1.79. The monoisotopic (exact) mass is 241 g/mol. The first kappa shape index (κ1) is 11.6. The lowest BCUT2D eigenvalue weighted by Gasteiger charge is -2.11. The smallest absolute Gasteiger partial charge is 0.203 e. The molecular formula is C11H19N3OS. The summed E-state index contributed by atoms with van der Waals surface area (Å²) < 4.78 is 13.4. The van der Waals surface area contributed by atoms with Gasteiger partial charge in [-0.2, -0.15) is 0 Å². The molecule has 0 bridgehead atoms.